The minimum absolute atomic E-state index is 0.0565. The Morgan fingerprint density at radius 2 is 1.68 bits per heavy atom. The van der Waals surface area contributed by atoms with Gasteiger partial charge in [-0.05, 0) is 12.8 Å². The Morgan fingerprint density at radius 1 is 1.09 bits per heavy atom. The van der Waals surface area contributed by atoms with E-state index in [0.717, 1.165) is 31.4 Å². The maximum atomic E-state index is 12.4. The third-order valence-corrected chi connectivity index (χ3v) is 5.48. The van der Waals surface area contributed by atoms with Gasteiger partial charge in [-0.3, -0.25) is 19.3 Å². The quantitative estimate of drug-likeness (QED) is 0.406. The number of rotatable bonds is 7. The molecular formula is C16H21NO4S. The van der Waals surface area contributed by atoms with Crippen LogP contribution in [0.2, 0.25) is 0 Å². The molecule has 6 heteroatoms. The molecule has 2 fully saturated rings. The van der Waals surface area contributed by atoms with Crippen molar-refractivity contribution in [2.75, 3.05) is 12.3 Å². The second kappa shape index (κ2) is 6.54. The Labute approximate surface area is 134 Å². The number of likely N-dealkylation sites (tertiary alicyclic amines) is 1. The van der Waals surface area contributed by atoms with Crippen LogP contribution in [0.3, 0.4) is 0 Å². The molecule has 0 aromatic carbocycles. The van der Waals surface area contributed by atoms with Crippen LogP contribution in [0.25, 0.3) is 0 Å². The van der Waals surface area contributed by atoms with Gasteiger partial charge in [0, 0.05) is 19.2 Å². The molecule has 4 unspecified atom stereocenters. The molecule has 0 aromatic rings. The van der Waals surface area contributed by atoms with E-state index in [0.29, 0.717) is 6.54 Å². The fourth-order valence-corrected chi connectivity index (χ4v) is 4.16. The summed E-state index contributed by atoms with van der Waals surface area (Å²) in [5, 5.41) is 0.158. The first kappa shape index (κ1) is 15.7. The van der Waals surface area contributed by atoms with Gasteiger partial charge in [-0.1, -0.05) is 36.8 Å². The SMILES string of the molecule is CC(=O)SCCCCCCN1C(=O)C2C3C=CC(O3)C2C1=O. The van der Waals surface area contributed by atoms with Crippen molar-refractivity contribution < 1.29 is 19.1 Å². The maximum Gasteiger partial charge on any atom is 0.236 e. The van der Waals surface area contributed by atoms with E-state index in [4.69, 9.17) is 4.74 Å². The van der Waals surface area contributed by atoms with E-state index in [9.17, 15) is 14.4 Å². The zero-order valence-electron chi connectivity index (χ0n) is 12.7. The molecule has 3 heterocycles. The van der Waals surface area contributed by atoms with Gasteiger partial charge in [0.15, 0.2) is 5.12 Å². The number of nitrogens with zero attached hydrogens (tertiary/aromatic N) is 1. The predicted octanol–water partition coefficient (Wildman–Crippen LogP) is 1.76. The summed E-state index contributed by atoms with van der Waals surface area (Å²) >= 11 is 1.36. The van der Waals surface area contributed by atoms with Crippen LogP contribution in [0.15, 0.2) is 12.2 Å². The molecule has 2 bridgehead atoms. The van der Waals surface area contributed by atoms with Crippen molar-refractivity contribution in [3.8, 4) is 0 Å². The molecule has 5 nitrogen and oxygen atoms in total. The Balaban J connectivity index is 1.40. The Kier molecular flexibility index (Phi) is 4.68. The Hall–Kier alpha value is -1.14. The summed E-state index contributed by atoms with van der Waals surface area (Å²) in [7, 11) is 0. The number of imide groups is 1. The molecule has 2 saturated heterocycles. The first-order chi connectivity index (χ1) is 10.6. The molecule has 22 heavy (non-hydrogen) atoms. The molecule has 3 aliphatic heterocycles. The van der Waals surface area contributed by atoms with E-state index in [-0.39, 0.29) is 41.0 Å². The molecule has 3 aliphatic rings. The van der Waals surface area contributed by atoms with Crippen LogP contribution in [-0.2, 0) is 19.1 Å². The van der Waals surface area contributed by atoms with Gasteiger partial charge in [-0.25, -0.2) is 0 Å². The van der Waals surface area contributed by atoms with Gasteiger partial charge in [0.25, 0.3) is 0 Å². The first-order valence-electron chi connectivity index (χ1n) is 7.92. The molecule has 0 spiro atoms. The Morgan fingerprint density at radius 3 is 2.27 bits per heavy atom. The highest BCUT2D eigenvalue weighted by molar-refractivity contribution is 8.13. The summed E-state index contributed by atoms with van der Waals surface area (Å²) < 4.78 is 5.61. The van der Waals surface area contributed by atoms with Crippen LogP contribution >= 0.6 is 11.8 Å². The van der Waals surface area contributed by atoms with Gasteiger partial charge in [-0.15, -0.1) is 0 Å². The minimum Gasteiger partial charge on any atom is -0.365 e. The number of fused-ring (bicyclic) bond motifs is 5. The molecule has 0 radical (unpaired) electrons. The number of ether oxygens (including phenoxy) is 1. The lowest BCUT2D eigenvalue weighted by molar-refractivity contribution is -0.142. The van der Waals surface area contributed by atoms with E-state index in [1.54, 1.807) is 6.92 Å². The van der Waals surface area contributed by atoms with E-state index < -0.39 is 0 Å². The largest absolute Gasteiger partial charge is 0.365 e. The second-order valence-corrected chi connectivity index (χ2v) is 7.36. The third kappa shape index (κ3) is 2.86. The van der Waals surface area contributed by atoms with Crippen molar-refractivity contribution in [2.45, 2.75) is 44.8 Å². The molecular weight excluding hydrogens is 302 g/mol. The number of thioether (sulfide) groups is 1. The Bertz CT molecular complexity index is 488. The lowest BCUT2D eigenvalue weighted by Crippen LogP contribution is -2.35. The highest BCUT2D eigenvalue weighted by atomic mass is 32.2. The highest BCUT2D eigenvalue weighted by Crippen LogP contribution is 2.45. The standard InChI is InChI=1S/C16H21NO4S/c1-10(18)22-9-5-3-2-4-8-17-15(19)13-11-6-7-12(21-11)14(13)16(17)20/h6-7,11-14H,2-5,8-9H2,1H3. The third-order valence-electron chi connectivity index (χ3n) is 4.58. The zero-order chi connectivity index (χ0) is 15.7. The fraction of sp³-hybridized carbons (Fsp3) is 0.688. The molecule has 2 amide bonds. The van der Waals surface area contributed by atoms with Crippen molar-refractivity contribution in [2.24, 2.45) is 11.8 Å². The summed E-state index contributed by atoms with van der Waals surface area (Å²) in [6.07, 6.45) is 7.27. The molecule has 4 atom stereocenters. The van der Waals surface area contributed by atoms with Crippen LogP contribution in [0.1, 0.15) is 32.6 Å². The predicted molar refractivity (Wildman–Crippen MR) is 83.1 cm³/mol. The second-order valence-electron chi connectivity index (χ2n) is 6.08. The average molecular weight is 323 g/mol. The topological polar surface area (TPSA) is 63.7 Å². The van der Waals surface area contributed by atoms with Gasteiger partial charge in [0.1, 0.15) is 0 Å². The maximum absolute atomic E-state index is 12.4. The summed E-state index contributed by atoms with van der Waals surface area (Å²) in [5.74, 6) is 0.176. The van der Waals surface area contributed by atoms with E-state index in [2.05, 4.69) is 0 Å². The van der Waals surface area contributed by atoms with Crippen LogP contribution in [0.5, 0.6) is 0 Å². The highest BCUT2D eigenvalue weighted by Gasteiger charge is 2.60. The van der Waals surface area contributed by atoms with Gasteiger partial charge in [-0.2, -0.15) is 0 Å². The fourth-order valence-electron chi connectivity index (χ4n) is 3.53. The first-order valence-corrected chi connectivity index (χ1v) is 8.90. The normalized spacial score (nSPS) is 32.1. The van der Waals surface area contributed by atoms with E-state index in [1.807, 2.05) is 12.2 Å². The summed E-state index contributed by atoms with van der Waals surface area (Å²) in [6, 6.07) is 0. The molecule has 0 aliphatic carbocycles. The molecule has 0 N–H and O–H groups in total. The minimum atomic E-state index is -0.283. The van der Waals surface area contributed by atoms with Crippen molar-refractivity contribution in [3.05, 3.63) is 12.2 Å². The summed E-state index contributed by atoms with van der Waals surface area (Å²) in [4.78, 5) is 37.0. The lowest BCUT2D eigenvalue weighted by Gasteiger charge is -2.17. The van der Waals surface area contributed by atoms with Crippen molar-refractivity contribution in [3.63, 3.8) is 0 Å². The molecule has 0 saturated carbocycles. The molecule has 3 rings (SSSR count). The van der Waals surface area contributed by atoms with Crippen molar-refractivity contribution in [1.29, 1.82) is 0 Å². The lowest BCUT2D eigenvalue weighted by atomic mass is 9.85. The molecule has 0 aromatic heterocycles. The van der Waals surface area contributed by atoms with Crippen LogP contribution < -0.4 is 0 Å². The van der Waals surface area contributed by atoms with Gasteiger partial charge in [0.05, 0.1) is 24.0 Å². The van der Waals surface area contributed by atoms with Gasteiger partial charge < -0.3 is 4.74 Å². The summed E-state index contributed by atoms with van der Waals surface area (Å²) in [6.45, 7) is 2.10. The van der Waals surface area contributed by atoms with Crippen LogP contribution in [0.4, 0.5) is 0 Å². The smallest absolute Gasteiger partial charge is 0.236 e. The van der Waals surface area contributed by atoms with Gasteiger partial charge in [0.2, 0.25) is 11.8 Å². The number of hydrogen-bond donors (Lipinski definition) is 0. The van der Waals surface area contributed by atoms with Crippen LogP contribution in [-0.4, -0.2) is 46.3 Å². The number of amides is 2. The molecule has 120 valence electrons. The average Bonchev–Trinajstić information content (AvgIpc) is 3.14. The van der Waals surface area contributed by atoms with Crippen molar-refractivity contribution >= 4 is 28.7 Å². The van der Waals surface area contributed by atoms with Gasteiger partial charge >= 0.3 is 0 Å². The number of carbonyl (C=O) groups is 3. The van der Waals surface area contributed by atoms with Crippen molar-refractivity contribution in [1.82, 2.24) is 4.90 Å². The van der Waals surface area contributed by atoms with Crippen LogP contribution in [0, 0.1) is 11.8 Å². The van der Waals surface area contributed by atoms with E-state index in [1.165, 1.54) is 16.7 Å². The monoisotopic (exact) mass is 323 g/mol. The number of carbonyl (C=O) groups excluding carboxylic acids is 3. The van der Waals surface area contributed by atoms with E-state index >= 15 is 0 Å². The summed E-state index contributed by atoms with van der Waals surface area (Å²) in [5.41, 5.74) is 0. The number of unbranched alkanes of at least 4 members (excludes halogenated alkanes) is 3. The zero-order valence-corrected chi connectivity index (χ0v) is 13.5. The number of hydrogen-bond acceptors (Lipinski definition) is 5.